The first-order valence-electron chi connectivity index (χ1n) is 7.92. The Balaban J connectivity index is 1.91. The molecule has 0 aromatic carbocycles. The molecule has 0 radical (unpaired) electrons. The van der Waals surface area contributed by atoms with Gasteiger partial charge in [-0.15, -0.1) is 0 Å². The molecule has 1 N–H and O–H groups in total. The molecule has 2 aliphatic rings. The van der Waals surface area contributed by atoms with Crippen LogP contribution in [0, 0.1) is 5.92 Å². The van der Waals surface area contributed by atoms with Crippen LogP contribution in [0.3, 0.4) is 0 Å². The minimum Gasteiger partial charge on any atom is -0.382 e. The monoisotopic (exact) mass is 268 g/mol. The maximum atomic E-state index is 12.4. The molecule has 0 aromatic heterocycles. The first-order chi connectivity index (χ1) is 9.27. The van der Waals surface area contributed by atoms with Crippen LogP contribution in [0.5, 0.6) is 0 Å². The molecule has 4 heteroatoms. The average molecular weight is 268 g/mol. The maximum absolute atomic E-state index is 12.4. The summed E-state index contributed by atoms with van der Waals surface area (Å²) in [6.45, 7) is 6.45. The fourth-order valence-electron chi connectivity index (χ4n) is 3.39. The van der Waals surface area contributed by atoms with Crippen LogP contribution in [0.4, 0.5) is 0 Å². The molecule has 1 saturated heterocycles. The number of carbonyl (C=O) groups is 1. The summed E-state index contributed by atoms with van der Waals surface area (Å²) < 4.78 is 5.38. The van der Waals surface area contributed by atoms with Crippen LogP contribution in [0.25, 0.3) is 0 Å². The number of carbonyl (C=O) groups excluding carboxylic acids is 1. The van der Waals surface area contributed by atoms with E-state index in [4.69, 9.17) is 4.74 Å². The number of nitrogens with zero attached hydrogens (tertiary/aromatic N) is 1. The zero-order chi connectivity index (χ0) is 13.7. The lowest BCUT2D eigenvalue weighted by atomic mass is 10.0. The Hall–Kier alpha value is -0.610. The summed E-state index contributed by atoms with van der Waals surface area (Å²) in [6.07, 6.45) is 7.29. The number of rotatable bonds is 7. The van der Waals surface area contributed by atoms with Crippen molar-refractivity contribution >= 4 is 5.91 Å². The molecule has 2 unspecified atom stereocenters. The normalized spacial score (nSPS) is 28.5. The van der Waals surface area contributed by atoms with Crippen molar-refractivity contribution in [3.63, 3.8) is 0 Å². The summed E-state index contributed by atoms with van der Waals surface area (Å²) in [5, 5.41) is 3.56. The van der Waals surface area contributed by atoms with Crippen molar-refractivity contribution in [3.05, 3.63) is 0 Å². The molecule has 1 aliphatic heterocycles. The Labute approximate surface area is 116 Å². The number of hydrogen-bond donors (Lipinski definition) is 1. The fourth-order valence-corrected chi connectivity index (χ4v) is 3.39. The molecule has 1 aliphatic carbocycles. The highest BCUT2D eigenvalue weighted by Crippen LogP contribution is 2.32. The zero-order valence-electron chi connectivity index (χ0n) is 12.4. The van der Waals surface area contributed by atoms with Gasteiger partial charge in [-0.2, -0.15) is 0 Å². The Morgan fingerprint density at radius 2 is 2.05 bits per heavy atom. The van der Waals surface area contributed by atoms with Gasteiger partial charge in [-0.05, 0) is 38.5 Å². The highest BCUT2D eigenvalue weighted by atomic mass is 16.5. The van der Waals surface area contributed by atoms with Gasteiger partial charge in [0.15, 0.2) is 0 Å². The van der Waals surface area contributed by atoms with Gasteiger partial charge in [-0.25, -0.2) is 0 Å². The van der Waals surface area contributed by atoms with Crippen LogP contribution >= 0.6 is 0 Å². The van der Waals surface area contributed by atoms with E-state index in [-0.39, 0.29) is 12.2 Å². The SMILES string of the molecule is CCOCCCN1C(=O)C(CC)NC1C1CCCC1. The minimum absolute atomic E-state index is 0.0395. The van der Waals surface area contributed by atoms with Gasteiger partial charge in [0.05, 0.1) is 12.2 Å². The molecule has 1 heterocycles. The average Bonchev–Trinajstić information content (AvgIpc) is 3.03. The van der Waals surface area contributed by atoms with Crippen molar-refractivity contribution in [1.29, 1.82) is 0 Å². The molecular formula is C15H28N2O2. The Morgan fingerprint density at radius 1 is 1.32 bits per heavy atom. The van der Waals surface area contributed by atoms with E-state index >= 15 is 0 Å². The predicted molar refractivity (Wildman–Crippen MR) is 75.8 cm³/mol. The lowest BCUT2D eigenvalue weighted by Gasteiger charge is -2.29. The third-order valence-electron chi connectivity index (χ3n) is 4.44. The summed E-state index contributed by atoms with van der Waals surface area (Å²) in [4.78, 5) is 14.5. The molecule has 0 bridgehead atoms. The molecule has 2 fully saturated rings. The Kier molecular flexibility index (Phi) is 5.64. The Morgan fingerprint density at radius 3 is 2.68 bits per heavy atom. The highest BCUT2D eigenvalue weighted by molar-refractivity contribution is 5.84. The number of ether oxygens (including phenoxy) is 1. The van der Waals surface area contributed by atoms with Crippen LogP contribution in [0.2, 0.25) is 0 Å². The van der Waals surface area contributed by atoms with E-state index in [9.17, 15) is 4.79 Å². The lowest BCUT2D eigenvalue weighted by Crippen LogP contribution is -2.43. The molecular weight excluding hydrogens is 240 g/mol. The van der Waals surface area contributed by atoms with E-state index in [1.165, 1.54) is 25.7 Å². The van der Waals surface area contributed by atoms with Gasteiger partial charge in [-0.3, -0.25) is 10.1 Å². The molecule has 110 valence electrons. The van der Waals surface area contributed by atoms with Crippen LogP contribution in [0.15, 0.2) is 0 Å². The first kappa shape index (κ1) is 14.8. The maximum Gasteiger partial charge on any atom is 0.241 e. The third-order valence-corrected chi connectivity index (χ3v) is 4.44. The van der Waals surface area contributed by atoms with E-state index < -0.39 is 0 Å². The van der Waals surface area contributed by atoms with Gasteiger partial charge in [0.2, 0.25) is 5.91 Å². The second-order valence-electron chi connectivity index (χ2n) is 5.70. The van der Waals surface area contributed by atoms with Gasteiger partial charge in [0, 0.05) is 19.8 Å². The van der Waals surface area contributed by atoms with Crippen molar-refractivity contribution in [1.82, 2.24) is 10.2 Å². The van der Waals surface area contributed by atoms with Crippen molar-refractivity contribution < 1.29 is 9.53 Å². The van der Waals surface area contributed by atoms with E-state index in [0.717, 1.165) is 32.6 Å². The van der Waals surface area contributed by atoms with Crippen molar-refractivity contribution in [2.24, 2.45) is 5.92 Å². The predicted octanol–water partition coefficient (Wildman–Crippen LogP) is 2.14. The van der Waals surface area contributed by atoms with E-state index in [1.54, 1.807) is 0 Å². The second kappa shape index (κ2) is 7.25. The number of hydrogen-bond acceptors (Lipinski definition) is 3. The zero-order valence-corrected chi connectivity index (χ0v) is 12.4. The largest absolute Gasteiger partial charge is 0.382 e. The van der Waals surface area contributed by atoms with Crippen molar-refractivity contribution in [2.75, 3.05) is 19.8 Å². The van der Waals surface area contributed by atoms with Crippen LogP contribution < -0.4 is 5.32 Å². The second-order valence-corrected chi connectivity index (χ2v) is 5.70. The standard InChI is InChI=1S/C15H28N2O2/c1-3-13-15(18)17(10-7-11-19-4-2)14(16-13)12-8-5-6-9-12/h12-14,16H,3-11H2,1-2H3. The quantitative estimate of drug-likeness (QED) is 0.719. The van der Waals surface area contributed by atoms with E-state index in [2.05, 4.69) is 17.1 Å². The number of amides is 1. The lowest BCUT2D eigenvalue weighted by molar-refractivity contribution is -0.130. The summed E-state index contributed by atoms with van der Waals surface area (Å²) >= 11 is 0. The van der Waals surface area contributed by atoms with Crippen LogP contribution in [0.1, 0.15) is 52.4 Å². The van der Waals surface area contributed by atoms with Gasteiger partial charge in [0.1, 0.15) is 0 Å². The van der Waals surface area contributed by atoms with Gasteiger partial charge in [0.25, 0.3) is 0 Å². The van der Waals surface area contributed by atoms with Gasteiger partial charge >= 0.3 is 0 Å². The van der Waals surface area contributed by atoms with Gasteiger partial charge < -0.3 is 9.64 Å². The third kappa shape index (κ3) is 3.48. The summed E-state index contributed by atoms with van der Waals surface area (Å²) in [5.41, 5.74) is 0. The highest BCUT2D eigenvalue weighted by Gasteiger charge is 2.41. The molecule has 1 amide bonds. The molecule has 2 rings (SSSR count). The summed E-state index contributed by atoms with van der Waals surface area (Å²) in [6, 6.07) is 0.0395. The summed E-state index contributed by atoms with van der Waals surface area (Å²) in [7, 11) is 0. The molecule has 2 atom stereocenters. The molecule has 4 nitrogen and oxygen atoms in total. The molecule has 0 aromatic rings. The number of nitrogens with one attached hydrogen (secondary N) is 1. The summed E-state index contributed by atoms with van der Waals surface area (Å²) in [5.74, 6) is 0.962. The van der Waals surface area contributed by atoms with E-state index in [0.29, 0.717) is 11.8 Å². The topological polar surface area (TPSA) is 41.6 Å². The smallest absolute Gasteiger partial charge is 0.241 e. The van der Waals surface area contributed by atoms with Gasteiger partial charge in [-0.1, -0.05) is 19.8 Å². The molecule has 0 spiro atoms. The van der Waals surface area contributed by atoms with Crippen LogP contribution in [-0.4, -0.2) is 42.8 Å². The first-order valence-corrected chi connectivity index (χ1v) is 7.92. The fraction of sp³-hybridized carbons (Fsp3) is 0.933. The van der Waals surface area contributed by atoms with Crippen molar-refractivity contribution in [2.45, 2.75) is 64.6 Å². The molecule has 19 heavy (non-hydrogen) atoms. The van der Waals surface area contributed by atoms with E-state index in [1.807, 2.05) is 6.92 Å². The minimum atomic E-state index is 0.0395. The Bertz CT molecular complexity index is 290. The van der Waals surface area contributed by atoms with Crippen molar-refractivity contribution in [3.8, 4) is 0 Å². The molecule has 1 saturated carbocycles. The van der Waals surface area contributed by atoms with Crippen LogP contribution in [-0.2, 0) is 9.53 Å².